The van der Waals surface area contributed by atoms with E-state index in [4.69, 9.17) is 28.4 Å². The normalized spacial score (nSPS) is 15.8. The highest BCUT2D eigenvalue weighted by Gasteiger charge is 2.72. The smallest absolute Gasteiger partial charge is 0.424 e. The van der Waals surface area contributed by atoms with E-state index in [1.54, 1.807) is 194 Å². The van der Waals surface area contributed by atoms with E-state index in [1.807, 2.05) is 0 Å². The Labute approximate surface area is 565 Å². The molecule has 0 saturated carbocycles. The number of thiophene rings is 2. The molecule has 98 heavy (non-hydrogen) atoms. The Morgan fingerprint density at radius 3 is 0.878 bits per heavy atom. The number of hydrogen-bond donors (Lipinski definition) is 0. The number of nitrogens with zero attached hydrogens (tertiary/aromatic N) is 6. The summed E-state index contributed by atoms with van der Waals surface area (Å²) in [6.07, 6.45) is -2.90. The van der Waals surface area contributed by atoms with Gasteiger partial charge in [-0.3, -0.25) is 38.4 Å². The molecule has 2 aromatic heterocycles. The number of aliphatic imine (C=N–C) groups is 2. The molecule has 0 atom stereocenters. The maximum Gasteiger partial charge on any atom is 0.424 e. The van der Waals surface area contributed by atoms with E-state index in [0.29, 0.717) is 56.1 Å². The number of carbonyl (C=O) groups excluding carboxylic acids is 10. The van der Waals surface area contributed by atoms with Gasteiger partial charge in [0.1, 0.15) is 84.4 Å². The van der Waals surface area contributed by atoms with Crippen LogP contribution in [-0.4, -0.2) is 80.9 Å². The zero-order valence-electron chi connectivity index (χ0n) is 51.7. The lowest BCUT2D eigenvalue weighted by atomic mass is 9.76. The van der Waals surface area contributed by atoms with Gasteiger partial charge in [-0.1, -0.05) is 182 Å². The number of rotatable bonds is 18. The van der Waals surface area contributed by atoms with Gasteiger partial charge in [-0.2, -0.15) is 20.3 Å². The van der Waals surface area contributed by atoms with E-state index in [0.717, 1.165) is 0 Å². The van der Waals surface area contributed by atoms with Crippen LogP contribution >= 0.6 is 22.7 Å². The van der Waals surface area contributed by atoms with E-state index >= 15 is 19.2 Å². The van der Waals surface area contributed by atoms with Gasteiger partial charge in [0.2, 0.25) is 10.8 Å². The van der Waals surface area contributed by atoms with Gasteiger partial charge in [0.25, 0.3) is 23.6 Å². The van der Waals surface area contributed by atoms with Gasteiger partial charge < -0.3 is 28.4 Å². The predicted octanol–water partition coefficient (Wildman–Crippen LogP) is 11.4. The quantitative estimate of drug-likeness (QED) is 0.0333. The van der Waals surface area contributed by atoms with Gasteiger partial charge in [0.05, 0.1) is 0 Å². The van der Waals surface area contributed by atoms with Crippen molar-refractivity contribution in [2.24, 2.45) is 9.98 Å². The third kappa shape index (κ3) is 12.0. The molecule has 0 bridgehead atoms. The van der Waals surface area contributed by atoms with Crippen LogP contribution in [0.5, 0.6) is 0 Å². The zero-order valence-corrected chi connectivity index (χ0v) is 53.4. The van der Waals surface area contributed by atoms with Crippen LogP contribution in [0.1, 0.15) is 68.1 Å². The van der Waals surface area contributed by atoms with Crippen molar-refractivity contribution >= 4 is 115 Å². The molecule has 6 amide bonds. The first-order valence-electron chi connectivity index (χ1n) is 30.0. The Hall–Kier alpha value is -12.6. The number of carbonyl (C=O) groups is 10. The number of imide groups is 6. The van der Waals surface area contributed by atoms with Gasteiger partial charge in [-0.05, 0) is 59.4 Å². The molecule has 12 rings (SSSR count). The maximum atomic E-state index is 16.3. The number of fused-ring (bicyclic) bond motifs is 4. The molecule has 0 N–H and O–H groups in total. The fraction of sp³-hybridized carbons (Fsp3) is 0.135. The molecule has 8 aromatic rings. The largest absolute Gasteiger partial charge is 0.459 e. The zero-order chi connectivity index (χ0) is 68.8. The third-order valence-electron chi connectivity index (χ3n) is 16.3. The second-order valence-corrected chi connectivity index (χ2v) is 24.3. The van der Waals surface area contributed by atoms with Crippen LogP contribution in [0.2, 0.25) is 0 Å². The van der Waals surface area contributed by atoms with Crippen molar-refractivity contribution in [2.75, 3.05) is 0 Å². The summed E-state index contributed by atoms with van der Waals surface area (Å²) in [4.78, 5) is 160. The number of esters is 4. The summed E-state index contributed by atoms with van der Waals surface area (Å²) in [5, 5.41) is 20.3. The molecule has 24 heteroatoms. The minimum Gasteiger partial charge on any atom is -0.459 e. The summed E-state index contributed by atoms with van der Waals surface area (Å²) < 4.78 is 35.8. The average molecular weight is 1340 g/mol. The van der Waals surface area contributed by atoms with Crippen LogP contribution < -0.4 is 0 Å². The molecular formula is C74H50N6O16S2. The highest BCUT2D eigenvalue weighted by atomic mass is 32.1. The molecule has 484 valence electrons. The average Bonchev–Trinajstić information content (AvgIpc) is 1.48. The molecule has 4 heterocycles. The van der Waals surface area contributed by atoms with Crippen molar-refractivity contribution in [3.8, 4) is 12.1 Å². The number of amides is 6. The Balaban J connectivity index is 1.11. The van der Waals surface area contributed by atoms with Gasteiger partial charge >= 0.3 is 36.1 Å². The first kappa shape index (κ1) is 65.4. The van der Waals surface area contributed by atoms with Gasteiger partial charge in [-0.25, -0.2) is 19.6 Å². The van der Waals surface area contributed by atoms with Crippen molar-refractivity contribution in [3.05, 3.63) is 271 Å². The summed E-state index contributed by atoms with van der Waals surface area (Å²) in [7, 11) is 0. The molecule has 0 spiro atoms. The van der Waals surface area contributed by atoms with Gasteiger partial charge in [-0.15, -0.1) is 22.7 Å². The van der Waals surface area contributed by atoms with Crippen molar-refractivity contribution in [1.29, 1.82) is 10.5 Å². The topological polar surface area (TPSA) is 305 Å². The fourth-order valence-electron chi connectivity index (χ4n) is 11.5. The molecule has 0 unspecified atom stereocenters. The Kier molecular flexibility index (Phi) is 18.5. The summed E-state index contributed by atoms with van der Waals surface area (Å²) >= 11 is 1.26. The molecule has 0 fully saturated rings. The SMILES string of the molecule is CC1=C(C#N)C(=O)N(C(=O)OCc2ccccc2)C(=O)C1=Nc1cc2c(s1)C1=C(c3sc(N=C4C(=O)N(C(=O)OCc5ccccc5)C(=O)C(C#N)=C4C)cc3C1(C(=O)OCc1ccccc1)C(=O)OCc1ccccc1)C2(C(=O)OCc1ccccc1)C(=O)OCc1ccccc1. The van der Waals surface area contributed by atoms with E-state index in [-0.39, 0.29) is 51.8 Å². The molecule has 2 aliphatic heterocycles. The highest BCUT2D eigenvalue weighted by molar-refractivity contribution is 7.19. The number of benzene rings is 6. The standard InChI is InChI=1S/C74H50N6O16S2/c1-43-51(35-75)63(81)79(71(89)95-41-49-29-17-7-18-30-49)65(83)59(43)77-55-33-53-61(97-55)57-58(73(53,67(85)91-37-45-21-9-3-10-22-45)68(86)92-38-46-23-11-4-12-24-46)62-54(74(57,69(87)93-39-47-25-13-5-14-26-47)70(88)94-40-48-27-15-6-16-28-48)34-56(98-62)78-60-44(2)52(36-76)64(82)80(66(60)84)72(90)96-42-50-31-19-8-20-32-50/h3-34H,37-42H2,1-2H3. The molecular weight excluding hydrogens is 1290 g/mol. The molecule has 22 nitrogen and oxygen atoms in total. The predicted molar refractivity (Wildman–Crippen MR) is 352 cm³/mol. The first-order chi connectivity index (χ1) is 47.5. The van der Waals surface area contributed by atoms with Crippen molar-refractivity contribution in [1.82, 2.24) is 9.80 Å². The van der Waals surface area contributed by atoms with Crippen LogP contribution in [0, 0.1) is 22.7 Å². The summed E-state index contributed by atoms with van der Waals surface area (Å²) in [6, 6.07) is 56.0. The Morgan fingerprint density at radius 1 is 0.388 bits per heavy atom. The molecule has 6 aromatic carbocycles. The number of ether oxygens (including phenoxy) is 6. The summed E-state index contributed by atoms with van der Waals surface area (Å²) in [6.45, 7) is -0.289. The van der Waals surface area contributed by atoms with Gasteiger partial charge in [0.15, 0.2) is 0 Å². The fourth-order valence-corrected chi connectivity index (χ4v) is 13.9. The van der Waals surface area contributed by atoms with Crippen molar-refractivity contribution in [3.63, 3.8) is 0 Å². The van der Waals surface area contributed by atoms with Crippen molar-refractivity contribution in [2.45, 2.75) is 64.3 Å². The van der Waals surface area contributed by atoms with E-state index in [9.17, 15) is 39.3 Å². The second-order valence-electron chi connectivity index (χ2n) is 22.3. The lowest BCUT2D eigenvalue weighted by Crippen LogP contribution is -2.50. The molecule has 0 saturated heterocycles. The first-order valence-corrected chi connectivity index (χ1v) is 31.6. The number of nitriles is 2. The maximum absolute atomic E-state index is 16.3. The highest BCUT2D eigenvalue weighted by Crippen LogP contribution is 2.69. The molecule has 4 aliphatic rings. The van der Waals surface area contributed by atoms with Gasteiger partial charge in [0, 0.05) is 43.2 Å². The van der Waals surface area contributed by atoms with Crippen molar-refractivity contribution < 1.29 is 76.4 Å². The van der Waals surface area contributed by atoms with E-state index in [1.165, 1.54) is 26.0 Å². The van der Waals surface area contributed by atoms with Crippen LogP contribution in [0.3, 0.4) is 0 Å². The Bertz CT molecular complexity index is 4470. The lowest BCUT2D eigenvalue weighted by molar-refractivity contribution is -0.165. The van der Waals surface area contributed by atoms with Crippen LogP contribution in [0.25, 0.3) is 11.1 Å². The monoisotopic (exact) mass is 1340 g/mol. The van der Waals surface area contributed by atoms with Crippen LogP contribution in [0.15, 0.2) is 226 Å². The number of hydrogen-bond acceptors (Lipinski definition) is 22. The molecule has 2 aliphatic carbocycles. The molecule has 0 radical (unpaired) electrons. The minimum absolute atomic E-state index is 0.111. The van der Waals surface area contributed by atoms with Crippen LogP contribution in [-0.2, 0) is 117 Å². The summed E-state index contributed by atoms with van der Waals surface area (Å²) in [5.41, 5.74) is -7.91. The van der Waals surface area contributed by atoms with E-state index in [2.05, 4.69) is 9.98 Å². The Morgan fingerprint density at radius 2 is 0.633 bits per heavy atom. The second kappa shape index (κ2) is 27.7. The lowest BCUT2D eigenvalue weighted by Gasteiger charge is -2.29. The minimum atomic E-state index is -2.97. The van der Waals surface area contributed by atoms with Crippen LogP contribution in [0.4, 0.5) is 19.6 Å². The third-order valence-corrected chi connectivity index (χ3v) is 18.4. The summed E-state index contributed by atoms with van der Waals surface area (Å²) in [5.74, 6) is -10.7. The van der Waals surface area contributed by atoms with E-state index < -0.39 is 144 Å².